The minimum atomic E-state index is -2.88. The number of hydrogen-bond donors (Lipinski definition) is 0. The van der Waals surface area contributed by atoms with Gasteiger partial charge < -0.3 is 0 Å². The lowest BCUT2D eigenvalue weighted by molar-refractivity contribution is -0.0303. The van der Waals surface area contributed by atoms with Crippen molar-refractivity contribution in [3.05, 3.63) is 23.7 Å². The van der Waals surface area contributed by atoms with Crippen LogP contribution in [0.15, 0.2) is 23.7 Å². The Bertz CT molecular complexity index is 233. The van der Waals surface area contributed by atoms with Crippen LogP contribution in [0.4, 0.5) is 22.0 Å². The van der Waals surface area contributed by atoms with E-state index in [1.54, 1.807) is 0 Å². The van der Waals surface area contributed by atoms with Crippen LogP contribution in [0.3, 0.4) is 0 Å². The lowest BCUT2D eigenvalue weighted by atomic mass is 10.3. The maximum absolute atomic E-state index is 12.1. The molecule has 1 unspecified atom stereocenters. The van der Waals surface area contributed by atoms with E-state index in [0.29, 0.717) is 0 Å². The predicted octanol–water partition coefficient (Wildman–Crippen LogP) is 2.44. The highest BCUT2D eigenvalue weighted by molar-refractivity contribution is 5.26. The largest absolute Gasteiger partial charge is 0.254 e. The van der Waals surface area contributed by atoms with Crippen LogP contribution in [0.5, 0.6) is 0 Å². The molecule has 0 aromatic heterocycles. The van der Waals surface area contributed by atoms with Crippen molar-refractivity contribution >= 4 is 0 Å². The normalized spacial score (nSPS) is 25.7. The molecule has 0 saturated heterocycles. The second kappa shape index (κ2) is 2.52. The number of rotatable bonds is 0. The van der Waals surface area contributed by atoms with E-state index >= 15 is 0 Å². The first-order valence-electron chi connectivity index (χ1n) is 2.55. The Morgan fingerprint density at radius 2 is 1.82 bits per heavy atom. The highest BCUT2D eigenvalue weighted by Gasteiger charge is 2.31. The van der Waals surface area contributed by atoms with E-state index in [-0.39, 0.29) is 6.20 Å². The molecule has 11 heavy (non-hydrogen) atoms. The second-order valence-electron chi connectivity index (χ2n) is 1.82. The Hall–Kier alpha value is -1.07. The Kier molecular flexibility index (Phi) is 1.84. The van der Waals surface area contributed by atoms with Crippen LogP contribution in [0.2, 0.25) is 0 Å². The molecule has 6 heteroatoms. The van der Waals surface area contributed by atoms with E-state index in [1.165, 1.54) is 0 Å². The van der Waals surface area contributed by atoms with E-state index in [9.17, 15) is 22.0 Å². The molecule has 1 heterocycles. The minimum Gasteiger partial charge on any atom is -0.213 e. The van der Waals surface area contributed by atoms with Crippen molar-refractivity contribution in [2.24, 2.45) is 0 Å². The molecule has 0 amide bonds. The van der Waals surface area contributed by atoms with Crippen molar-refractivity contribution in [1.29, 1.82) is 0 Å². The van der Waals surface area contributed by atoms with Crippen molar-refractivity contribution in [3.63, 3.8) is 0 Å². The van der Waals surface area contributed by atoms with E-state index < -0.39 is 28.9 Å². The van der Waals surface area contributed by atoms with Gasteiger partial charge in [0.25, 0.3) is 6.30 Å². The lowest BCUT2D eigenvalue weighted by Gasteiger charge is -2.16. The molecular weight excluding hydrogens is 169 g/mol. The van der Waals surface area contributed by atoms with Gasteiger partial charge in [0.1, 0.15) is 0 Å². The van der Waals surface area contributed by atoms with Crippen molar-refractivity contribution in [1.82, 2.24) is 5.12 Å². The monoisotopic (exact) mass is 171 g/mol. The van der Waals surface area contributed by atoms with Crippen LogP contribution in [-0.2, 0) is 0 Å². The third-order valence-corrected chi connectivity index (χ3v) is 1.08. The first-order chi connectivity index (χ1) is 5.04. The summed E-state index contributed by atoms with van der Waals surface area (Å²) in [6, 6.07) is 0. The standard InChI is InChI=1S/C5H2F5N/c6-2-1-11(10)5(9)4(8)3(2)7/h1,5H. The summed E-state index contributed by atoms with van der Waals surface area (Å²) in [7, 11) is 0. The molecule has 1 atom stereocenters. The van der Waals surface area contributed by atoms with Crippen LogP contribution in [-0.4, -0.2) is 11.4 Å². The van der Waals surface area contributed by atoms with Gasteiger partial charge in [-0.15, -0.1) is 0 Å². The molecule has 0 spiro atoms. The third-order valence-electron chi connectivity index (χ3n) is 1.08. The zero-order valence-corrected chi connectivity index (χ0v) is 4.99. The maximum atomic E-state index is 12.1. The van der Waals surface area contributed by atoms with E-state index in [0.717, 1.165) is 0 Å². The Morgan fingerprint density at radius 3 is 2.36 bits per heavy atom. The Balaban J connectivity index is 3.02. The van der Waals surface area contributed by atoms with Gasteiger partial charge in [-0.2, -0.15) is 5.12 Å². The molecule has 1 aliphatic heterocycles. The number of hydrogen-bond acceptors (Lipinski definition) is 1. The number of halogens is 5. The smallest absolute Gasteiger partial charge is 0.213 e. The average Bonchev–Trinajstić information content (AvgIpc) is 1.97. The summed E-state index contributed by atoms with van der Waals surface area (Å²) in [4.78, 5) is 0. The molecule has 1 nitrogen and oxygen atoms in total. The van der Waals surface area contributed by atoms with Crippen LogP contribution in [0.25, 0.3) is 0 Å². The molecule has 0 saturated carbocycles. The third kappa shape index (κ3) is 1.20. The lowest BCUT2D eigenvalue weighted by Crippen LogP contribution is -2.23. The average molecular weight is 171 g/mol. The van der Waals surface area contributed by atoms with Crippen LogP contribution >= 0.6 is 0 Å². The topological polar surface area (TPSA) is 3.24 Å². The molecular formula is C5H2F5N. The van der Waals surface area contributed by atoms with Gasteiger partial charge in [-0.05, 0) is 0 Å². The van der Waals surface area contributed by atoms with E-state index in [2.05, 4.69) is 0 Å². The Labute approximate surface area is 58.3 Å². The second-order valence-corrected chi connectivity index (χ2v) is 1.82. The highest BCUT2D eigenvalue weighted by atomic mass is 19.2. The fraction of sp³-hybridized carbons (Fsp3) is 0.200. The van der Waals surface area contributed by atoms with E-state index in [1.807, 2.05) is 0 Å². The molecule has 0 aromatic carbocycles. The zero-order valence-electron chi connectivity index (χ0n) is 4.99. The van der Waals surface area contributed by atoms with Crippen molar-refractivity contribution < 1.29 is 22.0 Å². The summed E-state index contributed by atoms with van der Waals surface area (Å²) < 4.78 is 60.1. The summed E-state index contributed by atoms with van der Waals surface area (Å²) in [6.07, 6.45) is -2.99. The maximum Gasteiger partial charge on any atom is 0.254 e. The van der Waals surface area contributed by atoms with Gasteiger partial charge >= 0.3 is 0 Å². The molecule has 1 rings (SSSR count). The van der Waals surface area contributed by atoms with Crippen LogP contribution in [0.1, 0.15) is 0 Å². The van der Waals surface area contributed by atoms with Gasteiger partial charge in [-0.3, -0.25) is 0 Å². The Morgan fingerprint density at radius 1 is 1.27 bits per heavy atom. The molecule has 1 aliphatic rings. The van der Waals surface area contributed by atoms with Crippen molar-refractivity contribution in [2.75, 3.05) is 0 Å². The number of alkyl halides is 1. The zero-order chi connectivity index (χ0) is 8.59. The molecule has 0 radical (unpaired) electrons. The first kappa shape index (κ1) is 8.03. The summed E-state index contributed by atoms with van der Waals surface area (Å²) in [5.41, 5.74) is 0. The molecule has 0 bridgehead atoms. The molecule has 0 N–H and O–H groups in total. The van der Waals surface area contributed by atoms with Gasteiger partial charge in [0, 0.05) is 0 Å². The fourth-order valence-corrected chi connectivity index (χ4v) is 0.557. The summed E-state index contributed by atoms with van der Waals surface area (Å²) in [5.74, 6) is -5.85. The highest BCUT2D eigenvalue weighted by Crippen LogP contribution is 2.30. The molecule has 0 fully saturated rings. The van der Waals surface area contributed by atoms with Gasteiger partial charge in [-0.25, -0.2) is 17.6 Å². The molecule has 0 aliphatic carbocycles. The predicted molar refractivity (Wildman–Crippen MR) is 26.3 cm³/mol. The van der Waals surface area contributed by atoms with Gasteiger partial charge in [0.15, 0.2) is 17.5 Å². The van der Waals surface area contributed by atoms with Crippen LogP contribution < -0.4 is 0 Å². The van der Waals surface area contributed by atoms with Gasteiger partial charge in [0.2, 0.25) is 0 Å². The summed E-state index contributed by atoms with van der Waals surface area (Å²) in [5, 5.41) is -0.895. The van der Waals surface area contributed by atoms with Gasteiger partial charge in [0.05, 0.1) is 6.20 Å². The number of nitrogens with zero attached hydrogens (tertiary/aromatic N) is 1. The van der Waals surface area contributed by atoms with Crippen molar-refractivity contribution in [3.8, 4) is 0 Å². The first-order valence-corrected chi connectivity index (χ1v) is 2.55. The summed E-state index contributed by atoms with van der Waals surface area (Å²) >= 11 is 0. The summed E-state index contributed by atoms with van der Waals surface area (Å²) in [6.45, 7) is 0. The molecule has 0 aromatic rings. The quantitative estimate of drug-likeness (QED) is 0.307. The number of allylic oxidation sites excluding steroid dienone is 2. The minimum absolute atomic E-state index is 0.108. The molecule has 62 valence electrons. The van der Waals surface area contributed by atoms with Crippen LogP contribution in [0, 0.1) is 0 Å². The van der Waals surface area contributed by atoms with Crippen molar-refractivity contribution in [2.45, 2.75) is 6.30 Å². The SMILES string of the molecule is FC1=CN(F)C(F)C(F)=C1F. The fourth-order valence-electron chi connectivity index (χ4n) is 0.557. The van der Waals surface area contributed by atoms with E-state index in [4.69, 9.17) is 0 Å². The van der Waals surface area contributed by atoms with Gasteiger partial charge in [-0.1, -0.05) is 4.48 Å².